The smallest absolute Gasteiger partial charge is 0.117 e. The predicted octanol–water partition coefficient (Wildman–Crippen LogP) is 0.618. The van der Waals surface area contributed by atoms with Gasteiger partial charge in [0.05, 0.1) is 10.7 Å². The van der Waals surface area contributed by atoms with Gasteiger partial charge in [0.2, 0.25) is 0 Å². The average Bonchev–Trinajstić information content (AvgIpc) is 2.36. The molecule has 0 fully saturated rings. The third-order valence-electron chi connectivity index (χ3n) is 1.57. The summed E-state index contributed by atoms with van der Waals surface area (Å²) in [6, 6.07) is 0. The Morgan fingerprint density at radius 1 is 1.82 bits per heavy atom. The summed E-state index contributed by atoms with van der Waals surface area (Å²) in [6.07, 6.45) is 0. The number of nitrogens with two attached hydrogens (primary N) is 1. The standard InChI is InChI=1S/C7H12N2OS/c1-5-9-6(3-11-5)7(2,10)4-8/h3,10H,4,8H2,1-2H3. The Bertz CT molecular complexity index is 244. The number of hydrogen-bond donors (Lipinski definition) is 2. The summed E-state index contributed by atoms with van der Waals surface area (Å²) in [5.41, 5.74) is 5.06. The molecule has 0 bridgehead atoms. The summed E-state index contributed by atoms with van der Waals surface area (Å²) in [5.74, 6) is 0. The van der Waals surface area contributed by atoms with Gasteiger partial charge in [-0.3, -0.25) is 0 Å². The highest BCUT2D eigenvalue weighted by molar-refractivity contribution is 7.09. The molecule has 0 aliphatic rings. The molecule has 3 nitrogen and oxygen atoms in total. The zero-order valence-electron chi connectivity index (χ0n) is 6.66. The van der Waals surface area contributed by atoms with Crippen LogP contribution in [0.3, 0.4) is 0 Å². The normalized spacial score (nSPS) is 16.4. The fourth-order valence-corrected chi connectivity index (χ4v) is 1.46. The van der Waals surface area contributed by atoms with E-state index in [-0.39, 0.29) is 6.54 Å². The number of thiazole rings is 1. The fraction of sp³-hybridized carbons (Fsp3) is 0.571. The SMILES string of the molecule is Cc1nc(C(C)(O)CN)cs1. The lowest BCUT2D eigenvalue weighted by Crippen LogP contribution is -2.31. The van der Waals surface area contributed by atoms with Crippen molar-refractivity contribution in [1.82, 2.24) is 4.98 Å². The van der Waals surface area contributed by atoms with E-state index in [0.29, 0.717) is 5.69 Å². The van der Waals surface area contributed by atoms with Crippen LogP contribution >= 0.6 is 11.3 Å². The van der Waals surface area contributed by atoms with Gasteiger partial charge in [0.15, 0.2) is 0 Å². The van der Waals surface area contributed by atoms with Crippen LogP contribution < -0.4 is 5.73 Å². The molecule has 11 heavy (non-hydrogen) atoms. The van der Waals surface area contributed by atoms with Gasteiger partial charge >= 0.3 is 0 Å². The molecule has 0 saturated heterocycles. The van der Waals surface area contributed by atoms with Gasteiger partial charge in [-0.2, -0.15) is 0 Å². The minimum atomic E-state index is -0.968. The van der Waals surface area contributed by atoms with Crippen LogP contribution in [0.25, 0.3) is 0 Å². The Hall–Kier alpha value is -0.450. The molecule has 1 unspecified atom stereocenters. The van der Waals surface area contributed by atoms with Gasteiger partial charge in [-0.05, 0) is 13.8 Å². The second-order valence-corrected chi connectivity index (χ2v) is 3.79. The molecule has 0 radical (unpaired) electrons. The summed E-state index contributed by atoms with van der Waals surface area (Å²) < 4.78 is 0. The maximum atomic E-state index is 9.63. The van der Waals surface area contributed by atoms with E-state index in [9.17, 15) is 5.11 Å². The van der Waals surface area contributed by atoms with Gasteiger partial charge in [0.1, 0.15) is 5.60 Å². The van der Waals surface area contributed by atoms with E-state index in [1.807, 2.05) is 12.3 Å². The highest BCUT2D eigenvalue weighted by atomic mass is 32.1. The van der Waals surface area contributed by atoms with Crippen LogP contribution in [0.4, 0.5) is 0 Å². The van der Waals surface area contributed by atoms with Crippen molar-refractivity contribution in [1.29, 1.82) is 0 Å². The first kappa shape index (κ1) is 8.64. The average molecular weight is 172 g/mol. The van der Waals surface area contributed by atoms with Gasteiger partial charge in [-0.25, -0.2) is 4.98 Å². The molecule has 4 heteroatoms. The van der Waals surface area contributed by atoms with E-state index in [4.69, 9.17) is 5.73 Å². The topological polar surface area (TPSA) is 59.1 Å². The van der Waals surface area contributed by atoms with Gasteiger partial charge in [-0.15, -0.1) is 11.3 Å². The van der Waals surface area contributed by atoms with Crippen LogP contribution in [0.1, 0.15) is 17.6 Å². The van der Waals surface area contributed by atoms with E-state index in [2.05, 4.69) is 4.98 Å². The Balaban J connectivity index is 2.92. The summed E-state index contributed by atoms with van der Waals surface area (Å²) in [5, 5.41) is 12.4. The maximum absolute atomic E-state index is 9.63. The zero-order valence-corrected chi connectivity index (χ0v) is 7.48. The largest absolute Gasteiger partial charge is 0.382 e. The van der Waals surface area contributed by atoms with Crippen molar-refractivity contribution in [2.75, 3.05) is 6.54 Å². The predicted molar refractivity (Wildman–Crippen MR) is 45.5 cm³/mol. The third-order valence-corrected chi connectivity index (χ3v) is 2.34. The molecule has 0 aliphatic carbocycles. The van der Waals surface area contributed by atoms with E-state index in [1.54, 1.807) is 6.92 Å². The number of aryl methyl sites for hydroxylation is 1. The molecule has 0 amide bonds. The van der Waals surface area contributed by atoms with E-state index >= 15 is 0 Å². The molecule has 3 N–H and O–H groups in total. The molecule has 1 aromatic heterocycles. The minimum Gasteiger partial charge on any atom is -0.382 e. The van der Waals surface area contributed by atoms with Crippen molar-refractivity contribution < 1.29 is 5.11 Å². The van der Waals surface area contributed by atoms with Gasteiger partial charge < -0.3 is 10.8 Å². The summed E-state index contributed by atoms with van der Waals surface area (Å²) in [7, 11) is 0. The summed E-state index contributed by atoms with van der Waals surface area (Å²) in [4.78, 5) is 4.14. The van der Waals surface area contributed by atoms with Gasteiger partial charge in [0.25, 0.3) is 0 Å². The number of rotatable bonds is 2. The highest BCUT2D eigenvalue weighted by Crippen LogP contribution is 2.20. The number of aliphatic hydroxyl groups is 1. The molecule has 0 spiro atoms. The molecule has 0 saturated carbocycles. The lowest BCUT2D eigenvalue weighted by molar-refractivity contribution is 0.0627. The summed E-state index contributed by atoms with van der Waals surface area (Å²) >= 11 is 1.52. The minimum absolute atomic E-state index is 0.205. The molecule has 0 aromatic carbocycles. The van der Waals surface area contributed by atoms with Crippen molar-refractivity contribution in [2.24, 2.45) is 5.73 Å². The molecule has 1 aromatic rings. The third kappa shape index (κ3) is 1.77. The molecule has 1 heterocycles. The molecule has 1 atom stereocenters. The van der Waals surface area contributed by atoms with Gasteiger partial charge in [0, 0.05) is 11.9 Å². The van der Waals surface area contributed by atoms with Gasteiger partial charge in [-0.1, -0.05) is 0 Å². The lowest BCUT2D eigenvalue weighted by Gasteiger charge is -2.17. The Morgan fingerprint density at radius 2 is 2.45 bits per heavy atom. The van der Waals surface area contributed by atoms with E-state index in [0.717, 1.165) is 5.01 Å². The van der Waals surface area contributed by atoms with Crippen molar-refractivity contribution in [3.63, 3.8) is 0 Å². The Kier molecular flexibility index (Phi) is 2.27. The second kappa shape index (κ2) is 2.89. The van der Waals surface area contributed by atoms with Crippen LogP contribution in [0.2, 0.25) is 0 Å². The number of hydrogen-bond acceptors (Lipinski definition) is 4. The molecular weight excluding hydrogens is 160 g/mol. The quantitative estimate of drug-likeness (QED) is 0.687. The van der Waals surface area contributed by atoms with E-state index < -0.39 is 5.60 Å². The lowest BCUT2D eigenvalue weighted by atomic mass is 10.0. The van der Waals surface area contributed by atoms with Crippen molar-refractivity contribution in [3.05, 3.63) is 16.1 Å². The Morgan fingerprint density at radius 3 is 2.82 bits per heavy atom. The van der Waals surface area contributed by atoms with Crippen LogP contribution in [-0.4, -0.2) is 16.6 Å². The monoisotopic (exact) mass is 172 g/mol. The molecule has 0 aliphatic heterocycles. The van der Waals surface area contributed by atoms with Crippen molar-refractivity contribution >= 4 is 11.3 Å². The highest BCUT2D eigenvalue weighted by Gasteiger charge is 2.23. The van der Waals surface area contributed by atoms with Crippen LogP contribution in [-0.2, 0) is 5.60 Å². The van der Waals surface area contributed by atoms with Crippen molar-refractivity contribution in [2.45, 2.75) is 19.4 Å². The number of aromatic nitrogens is 1. The Labute approximate surface area is 69.9 Å². The zero-order chi connectivity index (χ0) is 8.48. The molecule has 1 rings (SSSR count). The summed E-state index contributed by atoms with van der Waals surface area (Å²) in [6.45, 7) is 3.78. The maximum Gasteiger partial charge on any atom is 0.117 e. The van der Waals surface area contributed by atoms with Crippen LogP contribution in [0, 0.1) is 6.92 Å². The van der Waals surface area contributed by atoms with E-state index in [1.165, 1.54) is 11.3 Å². The fourth-order valence-electron chi connectivity index (χ4n) is 0.715. The van der Waals surface area contributed by atoms with Crippen LogP contribution in [0.5, 0.6) is 0 Å². The second-order valence-electron chi connectivity index (χ2n) is 2.73. The van der Waals surface area contributed by atoms with Crippen molar-refractivity contribution in [3.8, 4) is 0 Å². The first-order valence-corrected chi connectivity index (χ1v) is 4.29. The molecular formula is C7H12N2OS. The van der Waals surface area contributed by atoms with Crippen LogP contribution in [0.15, 0.2) is 5.38 Å². The number of nitrogens with zero attached hydrogens (tertiary/aromatic N) is 1. The first-order chi connectivity index (χ1) is 5.06. The molecule has 62 valence electrons. The first-order valence-electron chi connectivity index (χ1n) is 3.41.